The third-order valence-electron chi connectivity index (χ3n) is 3.09. The van der Waals surface area contributed by atoms with Gasteiger partial charge in [-0.1, -0.05) is 49.1 Å². The Kier molecular flexibility index (Phi) is 5.87. The van der Waals surface area contributed by atoms with Crippen molar-refractivity contribution in [2.24, 2.45) is 5.92 Å². The van der Waals surface area contributed by atoms with Crippen LogP contribution in [-0.2, 0) is 11.0 Å². The molecule has 0 aliphatic rings. The minimum atomic E-state index is -4.53. The number of carbonyl (C=O) groups excluding carboxylic acids is 1. The molecule has 130 valence electrons. The molecule has 1 aromatic heterocycles. The predicted octanol–water partition coefficient (Wildman–Crippen LogP) is 4.62. The molecule has 0 saturated carbocycles. The van der Waals surface area contributed by atoms with Crippen LogP contribution in [0.3, 0.4) is 0 Å². The van der Waals surface area contributed by atoms with Gasteiger partial charge in [-0.15, -0.1) is 10.2 Å². The van der Waals surface area contributed by atoms with Crippen molar-refractivity contribution < 1.29 is 18.0 Å². The zero-order valence-electron chi connectivity index (χ0n) is 13.2. The van der Waals surface area contributed by atoms with Crippen molar-refractivity contribution in [2.45, 2.75) is 36.5 Å². The molecule has 1 amide bonds. The SMILES string of the molecule is Cc1nnc(SC(C(=O)Nc2ccccc2C(F)(F)F)C(C)C)s1. The Morgan fingerprint density at radius 2 is 1.92 bits per heavy atom. The van der Waals surface area contributed by atoms with Crippen molar-refractivity contribution in [3.63, 3.8) is 0 Å². The molecule has 1 aromatic carbocycles. The summed E-state index contributed by atoms with van der Waals surface area (Å²) in [6, 6.07) is 4.94. The summed E-state index contributed by atoms with van der Waals surface area (Å²) in [5.74, 6) is -0.572. The number of benzene rings is 1. The maximum absolute atomic E-state index is 13.0. The van der Waals surface area contributed by atoms with Crippen molar-refractivity contribution >= 4 is 34.7 Å². The third kappa shape index (κ3) is 4.70. The van der Waals surface area contributed by atoms with Gasteiger partial charge in [0.15, 0.2) is 4.34 Å². The van der Waals surface area contributed by atoms with Gasteiger partial charge in [0.2, 0.25) is 5.91 Å². The van der Waals surface area contributed by atoms with Crippen molar-refractivity contribution in [3.8, 4) is 0 Å². The van der Waals surface area contributed by atoms with Gasteiger partial charge in [0.05, 0.1) is 16.5 Å². The van der Waals surface area contributed by atoms with Crippen LogP contribution in [0.15, 0.2) is 28.6 Å². The number of para-hydroxylation sites is 1. The summed E-state index contributed by atoms with van der Waals surface area (Å²) in [6.45, 7) is 5.47. The highest BCUT2D eigenvalue weighted by atomic mass is 32.2. The van der Waals surface area contributed by atoms with E-state index in [4.69, 9.17) is 0 Å². The molecule has 4 nitrogen and oxygen atoms in total. The van der Waals surface area contributed by atoms with Crippen LogP contribution in [0.1, 0.15) is 24.4 Å². The van der Waals surface area contributed by atoms with Crippen LogP contribution in [0.4, 0.5) is 18.9 Å². The predicted molar refractivity (Wildman–Crippen MR) is 89.2 cm³/mol. The molecule has 24 heavy (non-hydrogen) atoms. The number of thioether (sulfide) groups is 1. The molecule has 1 unspecified atom stereocenters. The van der Waals surface area contributed by atoms with Gasteiger partial charge in [0.1, 0.15) is 5.01 Å². The molecule has 0 spiro atoms. The Morgan fingerprint density at radius 3 is 2.46 bits per heavy atom. The largest absolute Gasteiger partial charge is 0.418 e. The molecule has 0 bridgehead atoms. The average molecular weight is 375 g/mol. The molecule has 1 N–H and O–H groups in total. The quantitative estimate of drug-likeness (QED) is 0.775. The number of halogens is 3. The monoisotopic (exact) mass is 375 g/mol. The van der Waals surface area contributed by atoms with Crippen LogP contribution in [0.25, 0.3) is 0 Å². The topological polar surface area (TPSA) is 54.9 Å². The zero-order valence-corrected chi connectivity index (χ0v) is 14.9. The fourth-order valence-electron chi connectivity index (χ4n) is 1.97. The van der Waals surface area contributed by atoms with Gasteiger partial charge in [-0.25, -0.2) is 0 Å². The van der Waals surface area contributed by atoms with E-state index < -0.39 is 22.9 Å². The highest BCUT2D eigenvalue weighted by Gasteiger charge is 2.34. The number of amides is 1. The van der Waals surface area contributed by atoms with E-state index in [1.54, 1.807) is 6.92 Å². The molecule has 0 saturated heterocycles. The maximum Gasteiger partial charge on any atom is 0.418 e. The highest BCUT2D eigenvalue weighted by Crippen LogP contribution is 2.36. The first-order valence-corrected chi connectivity index (χ1v) is 8.82. The highest BCUT2D eigenvalue weighted by molar-refractivity contribution is 8.02. The van der Waals surface area contributed by atoms with Gasteiger partial charge in [-0.3, -0.25) is 4.79 Å². The standard InChI is InChI=1S/C15H16F3N3OS2/c1-8(2)12(24-14-21-20-9(3)23-14)13(22)19-11-7-5-4-6-10(11)15(16,17)18/h4-8,12H,1-3H3,(H,19,22). The second-order valence-electron chi connectivity index (χ2n) is 5.40. The van der Waals surface area contributed by atoms with Gasteiger partial charge >= 0.3 is 6.18 Å². The number of nitrogens with one attached hydrogen (secondary N) is 1. The molecule has 9 heteroatoms. The van der Waals surface area contributed by atoms with Gasteiger partial charge < -0.3 is 5.32 Å². The summed E-state index contributed by atoms with van der Waals surface area (Å²) < 4.78 is 39.7. The van der Waals surface area contributed by atoms with Crippen LogP contribution < -0.4 is 5.32 Å². The first kappa shape index (κ1) is 18.7. The minimum absolute atomic E-state index is 0.0859. The number of nitrogens with zero attached hydrogens (tertiary/aromatic N) is 2. The minimum Gasteiger partial charge on any atom is -0.325 e. The molecule has 0 radical (unpaired) electrons. The summed E-state index contributed by atoms with van der Waals surface area (Å²) >= 11 is 2.56. The number of anilines is 1. The molecule has 2 rings (SSSR count). The lowest BCUT2D eigenvalue weighted by molar-refractivity contribution is -0.137. The molecular formula is C15H16F3N3OS2. The van der Waals surface area contributed by atoms with Gasteiger partial charge in [0.25, 0.3) is 0 Å². The van der Waals surface area contributed by atoms with E-state index in [9.17, 15) is 18.0 Å². The Hall–Kier alpha value is -1.61. The van der Waals surface area contributed by atoms with Crippen LogP contribution in [0, 0.1) is 12.8 Å². The van der Waals surface area contributed by atoms with Gasteiger partial charge in [-0.2, -0.15) is 13.2 Å². The maximum atomic E-state index is 13.0. The lowest BCUT2D eigenvalue weighted by Crippen LogP contribution is -2.30. The normalized spacial score (nSPS) is 13.1. The molecular weight excluding hydrogens is 359 g/mol. The number of carbonyl (C=O) groups is 1. The average Bonchev–Trinajstić information content (AvgIpc) is 2.89. The number of aromatic nitrogens is 2. The van der Waals surface area contributed by atoms with Crippen LogP contribution >= 0.6 is 23.1 Å². The second kappa shape index (κ2) is 7.52. The first-order valence-electron chi connectivity index (χ1n) is 7.12. The zero-order chi connectivity index (χ0) is 17.9. The van der Waals surface area contributed by atoms with Crippen LogP contribution in [0.5, 0.6) is 0 Å². The fraction of sp³-hybridized carbons (Fsp3) is 0.400. The van der Waals surface area contributed by atoms with Crippen molar-refractivity contribution in [1.82, 2.24) is 10.2 Å². The summed E-state index contributed by atoms with van der Waals surface area (Å²) in [5, 5.41) is 10.4. The van der Waals surface area contributed by atoms with Crippen LogP contribution in [-0.4, -0.2) is 21.4 Å². The Bertz CT molecular complexity index is 716. The van der Waals surface area contributed by atoms with Gasteiger partial charge in [0, 0.05) is 0 Å². The summed E-state index contributed by atoms with van der Waals surface area (Å²) in [5.41, 5.74) is -1.10. The first-order chi connectivity index (χ1) is 11.2. The Balaban J connectivity index is 2.20. The molecule has 0 aliphatic heterocycles. The van der Waals surface area contributed by atoms with E-state index in [1.165, 1.54) is 41.3 Å². The number of rotatable bonds is 5. The number of hydrogen-bond donors (Lipinski definition) is 1. The molecule has 0 aliphatic carbocycles. The summed E-state index contributed by atoms with van der Waals surface area (Å²) in [6.07, 6.45) is -4.53. The number of hydrogen-bond acceptors (Lipinski definition) is 5. The van der Waals surface area contributed by atoms with E-state index in [1.807, 2.05) is 13.8 Å². The van der Waals surface area contributed by atoms with E-state index >= 15 is 0 Å². The van der Waals surface area contributed by atoms with Crippen molar-refractivity contribution in [1.29, 1.82) is 0 Å². The number of alkyl halides is 3. The van der Waals surface area contributed by atoms with E-state index in [-0.39, 0.29) is 11.6 Å². The lowest BCUT2D eigenvalue weighted by Gasteiger charge is -2.20. The van der Waals surface area contributed by atoms with Crippen molar-refractivity contribution in [3.05, 3.63) is 34.8 Å². The van der Waals surface area contributed by atoms with Gasteiger partial charge in [-0.05, 0) is 25.0 Å². The lowest BCUT2D eigenvalue weighted by atomic mass is 10.1. The fourth-order valence-corrected chi connectivity index (χ4v) is 3.99. The smallest absolute Gasteiger partial charge is 0.325 e. The molecule has 0 fully saturated rings. The summed E-state index contributed by atoms with van der Waals surface area (Å²) in [7, 11) is 0. The molecule has 1 heterocycles. The Morgan fingerprint density at radius 1 is 1.25 bits per heavy atom. The summed E-state index contributed by atoms with van der Waals surface area (Å²) in [4.78, 5) is 12.5. The number of aryl methyl sites for hydroxylation is 1. The second-order valence-corrected chi connectivity index (χ2v) is 7.97. The third-order valence-corrected chi connectivity index (χ3v) is 5.56. The Labute approximate surface area is 145 Å². The van der Waals surface area contributed by atoms with E-state index in [0.717, 1.165) is 11.1 Å². The van der Waals surface area contributed by atoms with E-state index in [2.05, 4.69) is 15.5 Å². The van der Waals surface area contributed by atoms with Crippen molar-refractivity contribution in [2.75, 3.05) is 5.32 Å². The van der Waals surface area contributed by atoms with Crippen LogP contribution in [0.2, 0.25) is 0 Å². The molecule has 2 aromatic rings. The molecule has 1 atom stereocenters. The van der Waals surface area contributed by atoms with E-state index in [0.29, 0.717) is 4.34 Å².